The maximum absolute atomic E-state index is 13.3. The van der Waals surface area contributed by atoms with Crippen LogP contribution < -0.4 is 9.80 Å². The summed E-state index contributed by atoms with van der Waals surface area (Å²) in [5.41, 5.74) is 1.44. The van der Waals surface area contributed by atoms with Crippen LogP contribution in [0, 0.1) is 5.82 Å². The molecule has 8 heteroatoms. The Hall–Kier alpha value is -3.29. The molecule has 1 aliphatic rings. The highest BCUT2D eigenvalue weighted by atomic mass is 19.1. The fourth-order valence-electron chi connectivity index (χ4n) is 3.76. The van der Waals surface area contributed by atoms with Crippen molar-refractivity contribution in [2.24, 2.45) is 0 Å². The van der Waals surface area contributed by atoms with Gasteiger partial charge in [0, 0.05) is 31.0 Å². The SMILES string of the molecule is CCC1C(=O)N(C)c2cnc(-n3ccnc3-c3ccc(F)cc3)nc2N1C(C)C. The zero-order valence-corrected chi connectivity index (χ0v) is 16.9. The Kier molecular flexibility index (Phi) is 4.77. The molecule has 4 rings (SSSR count). The van der Waals surface area contributed by atoms with Gasteiger partial charge in [0.1, 0.15) is 23.4 Å². The summed E-state index contributed by atoms with van der Waals surface area (Å²) in [4.78, 5) is 30.2. The molecule has 0 saturated heterocycles. The van der Waals surface area contributed by atoms with E-state index in [1.54, 1.807) is 47.2 Å². The molecule has 0 bridgehead atoms. The molecule has 3 heterocycles. The number of carbonyl (C=O) groups is 1. The maximum atomic E-state index is 13.3. The van der Waals surface area contributed by atoms with Crippen LogP contribution in [0.4, 0.5) is 15.9 Å². The lowest BCUT2D eigenvalue weighted by Gasteiger charge is -2.42. The van der Waals surface area contributed by atoms with Crippen LogP contribution in [-0.4, -0.2) is 44.6 Å². The minimum Gasteiger partial charge on any atom is -0.340 e. The first-order valence-electron chi connectivity index (χ1n) is 9.65. The number of halogens is 1. The number of fused-ring (bicyclic) bond motifs is 1. The number of nitrogens with zero attached hydrogens (tertiary/aromatic N) is 6. The van der Waals surface area contributed by atoms with Crippen molar-refractivity contribution in [2.75, 3.05) is 16.8 Å². The van der Waals surface area contributed by atoms with Gasteiger partial charge in [-0.2, -0.15) is 4.98 Å². The predicted molar refractivity (Wildman–Crippen MR) is 110 cm³/mol. The number of hydrogen-bond acceptors (Lipinski definition) is 5. The van der Waals surface area contributed by atoms with E-state index in [-0.39, 0.29) is 23.8 Å². The second-order valence-corrected chi connectivity index (χ2v) is 7.33. The largest absolute Gasteiger partial charge is 0.340 e. The molecule has 7 nitrogen and oxygen atoms in total. The van der Waals surface area contributed by atoms with Crippen LogP contribution in [0.25, 0.3) is 17.3 Å². The molecular formula is C21H23FN6O. The number of anilines is 2. The third-order valence-corrected chi connectivity index (χ3v) is 5.20. The molecule has 0 fully saturated rings. The van der Waals surface area contributed by atoms with Crippen LogP contribution in [0.3, 0.4) is 0 Å². The lowest BCUT2D eigenvalue weighted by molar-refractivity contribution is -0.120. The van der Waals surface area contributed by atoms with Gasteiger partial charge in [0.2, 0.25) is 11.9 Å². The third-order valence-electron chi connectivity index (χ3n) is 5.20. The van der Waals surface area contributed by atoms with E-state index in [1.165, 1.54) is 12.1 Å². The van der Waals surface area contributed by atoms with Gasteiger partial charge in [-0.05, 0) is 44.5 Å². The van der Waals surface area contributed by atoms with E-state index in [0.717, 1.165) is 11.4 Å². The highest BCUT2D eigenvalue weighted by Gasteiger charge is 2.38. The fraction of sp³-hybridized carbons (Fsp3) is 0.333. The van der Waals surface area contributed by atoms with Crippen molar-refractivity contribution in [3.8, 4) is 17.3 Å². The smallest absolute Gasteiger partial charge is 0.249 e. The van der Waals surface area contributed by atoms with E-state index in [1.807, 2.05) is 20.8 Å². The van der Waals surface area contributed by atoms with Crippen molar-refractivity contribution in [1.82, 2.24) is 19.5 Å². The molecule has 2 aromatic heterocycles. The molecule has 1 aliphatic heterocycles. The van der Waals surface area contributed by atoms with E-state index < -0.39 is 0 Å². The lowest BCUT2D eigenvalue weighted by atomic mass is 10.1. The van der Waals surface area contributed by atoms with Crippen molar-refractivity contribution >= 4 is 17.4 Å². The standard InChI is InChI=1S/C21H23FN6O/c1-5-16-20(29)26(4)17-12-24-21(25-19(17)28(16)13(2)3)27-11-10-23-18(27)14-6-8-15(22)9-7-14/h6-13,16H,5H2,1-4H3. The molecule has 0 radical (unpaired) electrons. The highest BCUT2D eigenvalue weighted by molar-refractivity contribution is 6.04. The maximum Gasteiger partial charge on any atom is 0.249 e. The Morgan fingerprint density at radius 1 is 1.17 bits per heavy atom. The van der Waals surface area contributed by atoms with E-state index in [0.29, 0.717) is 23.9 Å². The first kappa shape index (κ1) is 19.0. The molecular weight excluding hydrogens is 371 g/mol. The Balaban J connectivity index is 1.84. The summed E-state index contributed by atoms with van der Waals surface area (Å²) in [5.74, 6) is 1.53. The number of carbonyl (C=O) groups excluding carboxylic acids is 1. The number of imidazole rings is 1. The Bertz CT molecular complexity index is 1050. The summed E-state index contributed by atoms with van der Waals surface area (Å²) in [6.07, 6.45) is 5.79. The van der Waals surface area contributed by atoms with Crippen LogP contribution in [0.5, 0.6) is 0 Å². The number of rotatable bonds is 4. The van der Waals surface area contributed by atoms with Gasteiger partial charge in [-0.25, -0.2) is 14.4 Å². The number of benzene rings is 1. The zero-order chi connectivity index (χ0) is 20.7. The quantitative estimate of drug-likeness (QED) is 0.678. The topological polar surface area (TPSA) is 67.2 Å². The zero-order valence-electron chi connectivity index (χ0n) is 16.9. The minimum absolute atomic E-state index is 0.0414. The summed E-state index contributed by atoms with van der Waals surface area (Å²) in [5, 5.41) is 0. The number of likely N-dealkylation sites (N-methyl/N-ethyl adjacent to an activating group) is 1. The summed E-state index contributed by atoms with van der Waals surface area (Å²) in [6.45, 7) is 6.10. The van der Waals surface area contributed by atoms with Gasteiger partial charge in [-0.15, -0.1) is 0 Å². The monoisotopic (exact) mass is 394 g/mol. The van der Waals surface area contributed by atoms with E-state index in [2.05, 4.69) is 14.9 Å². The van der Waals surface area contributed by atoms with E-state index in [4.69, 9.17) is 4.98 Å². The molecule has 29 heavy (non-hydrogen) atoms. The Morgan fingerprint density at radius 3 is 2.55 bits per heavy atom. The molecule has 1 unspecified atom stereocenters. The third kappa shape index (κ3) is 3.14. The first-order chi connectivity index (χ1) is 13.9. The summed E-state index contributed by atoms with van der Waals surface area (Å²) in [7, 11) is 1.76. The van der Waals surface area contributed by atoms with Crippen LogP contribution in [0.1, 0.15) is 27.2 Å². The first-order valence-corrected chi connectivity index (χ1v) is 9.65. The van der Waals surface area contributed by atoms with Gasteiger partial charge >= 0.3 is 0 Å². The number of hydrogen-bond donors (Lipinski definition) is 0. The van der Waals surface area contributed by atoms with Gasteiger partial charge in [-0.3, -0.25) is 9.36 Å². The Labute approximate surface area is 168 Å². The summed E-state index contributed by atoms with van der Waals surface area (Å²) >= 11 is 0. The molecule has 1 atom stereocenters. The van der Waals surface area contributed by atoms with Crippen molar-refractivity contribution < 1.29 is 9.18 Å². The highest BCUT2D eigenvalue weighted by Crippen LogP contribution is 2.36. The lowest BCUT2D eigenvalue weighted by Crippen LogP contribution is -2.55. The van der Waals surface area contributed by atoms with Crippen molar-refractivity contribution in [3.05, 3.63) is 48.7 Å². The summed E-state index contributed by atoms with van der Waals surface area (Å²) < 4.78 is 15.1. The van der Waals surface area contributed by atoms with Crippen molar-refractivity contribution in [1.29, 1.82) is 0 Å². The van der Waals surface area contributed by atoms with Crippen LogP contribution in [0.2, 0.25) is 0 Å². The van der Waals surface area contributed by atoms with Gasteiger partial charge in [0.15, 0.2) is 5.82 Å². The van der Waals surface area contributed by atoms with Crippen molar-refractivity contribution in [3.63, 3.8) is 0 Å². The molecule has 1 amide bonds. The molecule has 150 valence electrons. The van der Waals surface area contributed by atoms with Crippen LogP contribution in [0.15, 0.2) is 42.9 Å². The van der Waals surface area contributed by atoms with Gasteiger partial charge in [-0.1, -0.05) is 6.92 Å². The van der Waals surface area contributed by atoms with Gasteiger partial charge in [0.25, 0.3) is 0 Å². The molecule has 3 aromatic rings. The molecule has 0 N–H and O–H groups in total. The normalized spacial score (nSPS) is 16.5. The Morgan fingerprint density at radius 2 is 1.90 bits per heavy atom. The second-order valence-electron chi connectivity index (χ2n) is 7.33. The fourth-order valence-corrected chi connectivity index (χ4v) is 3.76. The summed E-state index contributed by atoms with van der Waals surface area (Å²) in [6, 6.07) is 5.97. The van der Waals surface area contributed by atoms with Crippen LogP contribution >= 0.6 is 0 Å². The molecule has 1 aromatic carbocycles. The second kappa shape index (κ2) is 7.27. The predicted octanol–water partition coefficient (Wildman–Crippen LogP) is 3.44. The number of amides is 1. The molecule has 0 saturated carbocycles. The average Bonchev–Trinajstić information content (AvgIpc) is 3.20. The van der Waals surface area contributed by atoms with Crippen molar-refractivity contribution in [2.45, 2.75) is 39.3 Å². The molecule has 0 spiro atoms. The number of aromatic nitrogens is 4. The van der Waals surface area contributed by atoms with Gasteiger partial charge < -0.3 is 9.80 Å². The van der Waals surface area contributed by atoms with E-state index >= 15 is 0 Å². The molecule has 0 aliphatic carbocycles. The average molecular weight is 394 g/mol. The van der Waals surface area contributed by atoms with E-state index in [9.17, 15) is 9.18 Å². The minimum atomic E-state index is -0.303. The van der Waals surface area contributed by atoms with Gasteiger partial charge in [0.05, 0.1) is 6.20 Å². The van der Waals surface area contributed by atoms with Crippen LogP contribution in [-0.2, 0) is 4.79 Å².